The number of nitrogens with one attached hydrogen (secondary N) is 3. The molecule has 31 heavy (non-hydrogen) atoms. The molecule has 2 aromatic carbocycles. The zero-order chi connectivity index (χ0) is 22.8. The molecule has 0 heterocycles. The van der Waals surface area contributed by atoms with Crippen molar-refractivity contribution in [2.24, 2.45) is 0 Å². The molecule has 0 fully saturated rings. The molecule has 0 aromatic heterocycles. The van der Waals surface area contributed by atoms with Gasteiger partial charge in [0.1, 0.15) is 0 Å². The van der Waals surface area contributed by atoms with Crippen molar-refractivity contribution in [1.29, 1.82) is 0 Å². The number of amides is 2. The maximum absolute atomic E-state index is 12.6. The summed E-state index contributed by atoms with van der Waals surface area (Å²) in [5, 5.41) is 8.28. The first kappa shape index (κ1) is 23.9. The minimum absolute atomic E-state index is 0.0655. The van der Waals surface area contributed by atoms with Crippen LogP contribution in [-0.2, 0) is 4.74 Å². The van der Waals surface area contributed by atoms with Gasteiger partial charge in [0.25, 0.3) is 11.8 Å². The van der Waals surface area contributed by atoms with E-state index in [9.17, 15) is 9.59 Å². The summed E-state index contributed by atoms with van der Waals surface area (Å²) < 4.78 is 20.7. The summed E-state index contributed by atoms with van der Waals surface area (Å²) in [5.74, 6) is 0.359. The summed E-state index contributed by atoms with van der Waals surface area (Å²) in [6, 6.07) is 9.76. The average molecular weight is 448 g/mol. The summed E-state index contributed by atoms with van der Waals surface area (Å²) in [5.41, 5.74) is 1.26. The fourth-order valence-electron chi connectivity index (χ4n) is 2.66. The first-order chi connectivity index (χ1) is 14.9. The van der Waals surface area contributed by atoms with Gasteiger partial charge in [0.2, 0.25) is 5.75 Å². The summed E-state index contributed by atoms with van der Waals surface area (Å²) in [4.78, 5) is 24.8. The lowest BCUT2D eigenvalue weighted by Gasteiger charge is -2.15. The lowest BCUT2D eigenvalue weighted by atomic mass is 10.1. The van der Waals surface area contributed by atoms with Gasteiger partial charge < -0.3 is 29.6 Å². The predicted octanol–water partition coefficient (Wildman–Crippen LogP) is 2.22. The molecule has 2 aromatic rings. The topological polar surface area (TPSA) is 107 Å². The highest BCUT2D eigenvalue weighted by molar-refractivity contribution is 7.80. The van der Waals surface area contributed by atoms with Crippen molar-refractivity contribution in [2.45, 2.75) is 0 Å². The highest BCUT2D eigenvalue weighted by atomic mass is 32.1. The Morgan fingerprint density at radius 2 is 1.58 bits per heavy atom. The number of carbonyl (C=O) groups excluding carboxylic acids is 2. The van der Waals surface area contributed by atoms with E-state index in [1.54, 1.807) is 31.4 Å². The van der Waals surface area contributed by atoms with E-state index >= 15 is 0 Å². The summed E-state index contributed by atoms with van der Waals surface area (Å²) in [7, 11) is 5.96. The molecule has 2 amide bonds. The Morgan fingerprint density at radius 3 is 2.16 bits per heavy atom. The van der Waals surface area contributed by atoms with Gasteiger partial charge in [0, 0.05) is 30.5 Å². The largest absolute Gasteiger partial charge is 0.493 e. The molecule has 9 nitrogen and oxygen atoms in total. The monoisotopic (exact) mass is 447 g/mol. The molecule has 0 atom stereocenters. The van der Waals surface area contributed by atoms with Crippen molar-refractivity contribution in [3.8, 4) is 17.2 Å². The van der Waals surface area contributed by atoms with E-state index in [1.165, 1.54) is 33.5 Å². The van der Waals surface area contributed by atoms with Gasteiger partial charge in [-0.25, -0.2) is 0 Å². The second kappa shape index (κ2) is 11.7. The first-order valence-electron chi connectivity index (χ1n) is 9.23. The Morgan fingerprint density at radius 1 is 0.903 bits per heavy atom. The van der Waals surface area contributed by atoms with Crippen LogP contribution in [0.5, 0.6) is 17.2 Å². The van der Waals surface area contributed by atoms with E-state index in [2.05, 4.69) is 16.0 Å². The van der Waals surface area contributed by atoms with Gasteiger partial charge in [0.15, 0.2) is 16.6 Å². The SMILES string of the molecule is COCCNC(=O)c1cccc(NC(=S)NC(=O)c2cc(OC)c(OC)c(OC)c2)c1. The highest BCUT2D eigenvalue weighted by Crippen LogP contribution is 2.38. The first-order valence-corrected chi connectivity index (χ1v) is 9.63. The van der Waals surface area contributed by atoms with Crippen molar-refractivity contribution in [3.63, 3.8) is 0 Å². The van der Waals surface area contributed by atoms with Crippen LogP contribution in [-0.4, -0.2) is 58.5 Å². The van der Waals surface area contributed by atoms with Gasteiger partial charge in [-0.2, -0.15) is 0 Å². The molecule has 0 aliphatic rings. The fraction of sp³-hybridized carbons (Fsp3) is 0.286. The molecule has 2 rings (SSSR count). The number of anilines is 1. The number of hydrogen-bond donors (Lipinski definition) is 3. The van der Waals surface area contributed by atoms with Gasteiger partial charge >= 0.3 is 0 Å². The van der Waals surface area contributed by atoms with E-state index in [4.69, 9.17) is 31.2 Å². The molecule has 0 unspecified atom stereocenters. The second-order valence-electron chi connectivity index (χ2n) is 6.15. The molecule has 0 radical (unpaired) electrons. The van der Waals surface area contributed by atoms with Crippen molar-refractivity contribution in [1.82, 2.24) is 10.6 Å². The number of ether oxygens (including phenoxy) is 4. The highest BCUT2D eigenvalue weighted by Gasteiger charge is 2.18. The Balaban J connectivity index is 2.07. The Kier molecular flexibility index (Phi) is 9.04. The third-order valence-corrected chi connectivity index (χ3v) is 4.33. The number of hydrogen-bond acceptors (Lipinski definition) is 7. The van der Waals surface area contributed by atoms with Crippen LogP contribution in [0.1, 0.15) is 20.7 Å². The molecule has 0 aliphatic carbocycles. The predicted molar refractivity (Wildman–Crippen MR) is 120 cm³/mol. The minimum atomic E-state index is -0.467. The van der Waals surface area contributed by atoms with E-state index < -0.39 is 5.91 Å². The molecule has 0 bridgehead atoms. The van der Waals surface area contributed by atoms with Crippen LogP contribution in [0.15, 0.2) is 36.4 Å². The Labute approximate surface area is 186 Å². The molecule has 10 heteroatoms. The molecular weight excluding hydrogens is 422 g/mol. The normalized spacial score (nSPS) is 10.1. The lowest BCUT2D eigenvalue weighted by molar-refractivity contribution is 0.0935. The average Bonchev–Trinajstić information content (AvgIpc) is 2.78. The molecule has 0 spiro atoms. The maximum Gasteiger partial charge on any atom is 0.257 e. The number of carbonyl (C=O) groups is 2. The lowest BCUT2D eigenvalue weighted by Crippen LogP contribution is -2.34. The zero-order valence-corrected chi connectivity index (χ0v) is 18.6. The Bertz CT molecular complexity index is 925. The molecule has 0 saturated heterocycles. The number of thiocarbonyl (C=S) groups is 1. The molecule has 166 valence electrons. The summed E-state index contributed by atoms with van der Waals surface area (Å²) >= 11 is 5.23. The molecule has 0 saturated carbocycles. The van der Waals surface area contributed by atoms with Crippen LogP contribution in [0.2, 0.25) is 0 Å². The smallest absolute Gasteiger partial charge is 0.257 e. The molecule has 0 aliphatic heterocycles. The van der Waals surface area contributed by atoms with Crippen LogP contribution >= 0.6 is 12.2 Å². The van der Waals surface area contributed by atoms with Crippen LogP contribution < -0.4 is 30.2 Å². The zero-order valence-electron chi connectivity index (χ0n) is 17.7. The van der Waals surface area contributed by atoms with Gasteiger partial charge in [-0.1, -0.05) is 6.07 Å². The maximum atomic E-state index is 12.6. The molecule has 3 N–H and O–H groups in total. The number of methoxy groups -OCH3 is 4. The van der Waals surface area contributed by atoms with Gasteiger partial charge in [0.05, 0.1) is 27.9 Å². The standard InChI is InChI=1S/C21H25N3O6S/c1-27-9-8-22-19(25)13-6-5-7-15(10-13)23-21(31)24-20(26)14-11-16(28-2)18(30-4)17(12-14)29-3/h5-7,10-12H,8-9H2,1-4H3,(H,22,25)(H2,23,24,26,31). The third kappa shape index (κ3) is 6.56. The van der Waals surface area contributed by atoms with Crippen molar-refractivity contribution >= 4 is 34.8 Å². The van der Waals surface area contributed by atoms with Gasteiger partial charge in [-0.05, 0) is 42.5 Å². The van der Waals surface area contributed by atoms with E-state index in [1.807, 2.05) is 0 Å². The van der Waals surface area contributed by atoms with Crippen LogP contribution in [0.3, 0.4) is 0 Å². The van der Waals surface area contributed by atoms with Gasteiger partial charge in [-0.3, -0.25) is 14.9 Å². The van der Waals surface area contributed by atoms with Crippen LogP contribution in [0, 0.1) is 0 Å². The third-order valence-electron chi connectivity index (χ3n) is 4.13. The van der Waals surface area contributed by atoms with E-state index in [-0.39, 0.29) is 16.6 Å². The van der Waals surface area contributed by atoms with Crippen LogP contribution in [0.4, 0.5) is 5.69 Å². The summed E-state index contributed by atoms with van der Waals surface area (Å²) in [6.07, 6.45) is 0. The van der Waals surface area contributed by atoms with Crippen molar-refractivity contribution < 1.29 is 28.5 Å². The van der Waals surface area contributed by atoms with Crippen LogP contribution in [0.25, 0.3) is 0 Å². The van der Waals surface area contributed by atoms with Crippen molar-refractivity contribution in [3.05, 3.63) is 47.5 Å². The Hall–Kier alpha value is -3.37. The second-order valence-corrected chi connectivity index (χ2v) is 6.56. The summed E-state index contributed by atoms with van der Waals surface area (Å²) in [6.45, 7) is 0.816. The quantitative estimate of drug-likeness (QED) is 0.397. The fourth-order valence-corrected chi connectivity index (χ4v) is 2.87. The molecular formula is C21H25N3O6S. The van der Waals surface area contributed by atoms with E-state index in [0.29, 0.717) is 41.7 Å². The van der Waals surface area contributed by atoms with E-state index in [0.717, 1.165) is 0 Å². The van der Waals surface area contributed by atoms with Crippen molar-refractivity contribution in [2.75, 3.05) is 46.9 Å². The van der Waals surface area contributed by atoms with Gasteiger partial charge in [-0.15, -0.1) is 0 Å². The minimum Gasteiger partial charge on any atom is -0.493 e. The number of benzene rings is 2. The number of rotatable bonds is 9.